The monoisotopic (exact) mass is 272 g/mol. The Morgan fingerprint density at radius 2 is 1.70 bits per heavy atom. The summed E-state index contributed by atoms with van der Waals surface area (Å²) in [5, 5.41) is 11.5. The number of amides is 1. The summed E-state index contributed by atoms with van der Waals surface area (Å²) in [5.74, 6) is -0.106. The van der Waals surface area contributed by atoms with Gasteiger partial charge in [-0.3, -0.25) is 4.79 Å². The van der Waals surface area contributed by atoms with E-state index in [0.29, 0.717) is 18.5 Å². The van der Waals surface area contributed by atoms with Gasteiger partial charge in [0.2, 0.25) is 0 Å². The second kappa shape index (κ2) is 6.39. The maximum Gasteiger partial charge on any atom is 0.251 e. The molecule has 0 atom stereocenters. The van der Waals surface area contributed by atoms with Crippen LogP contribution in [0, 0.1) is 13.8 Å². The second-order valence-corrected chi connectivity index (χ2v) is 4.83. The SMILES string of the molecule is Cc1ccc(C)n1-c1ccc(C(=O)NCCCO)cc1. The van der Waals surface area contributed by atoms with Gasteiger partial charge in [0.15, 0.2) is 0 Å². The fourth-order valence-corrected chi connectivity index (χ4v) is 2.22. The van der Waals surface area contributed by atoms with E-state index < -0.39 is 0 Å². The van der Waals surface area contributed by atoms with Crippen molar-refractivity contribution in [2.24, 2.45) is 0 Å². The van der Waals surface area contributed by atoms with Crippen LogP contribution in [0.15, 0.2) is 36.4 Å². The highest BCUT2D eigenvalue weighted by Crippen LogP contribution is 2.16. The van der Waals surface area contributed by atoms with Crippen molar-refractivity contribution >= 4 is 5.91 Å². The Balaban J connectivity index is 2.12. The number of rotatable bonds is 5. The van der Waals surface area contributed by atoms with Crippen LogP contribution in [0.1, 0.15) is 28.2 Å². The topological polar surface area (TPSA) is 54.3 Å². The van der Waals surface area contributed by atoms with Crippen molar-refractivity contribution in [1.82, 2.24) is 9.88 Å². The molecule has 0 aliphatic heterocycles. The zero-order valence-electron chi connectivity index (χ0n) is 11.9. The van der Waals surface area contributed by atoms with Gasteiger partial charge < -0.3 is 15.0 Å². The molecule has 2 aromatic rings. The molecule has 2 N–H and O–H groups in total. The van der Waals surface area contributed by atoms with Gasteiger partial charge in [-0.1, -0.05) is 0 Å². The summed E-state index contributed by atoms with van der Waals surface area (Å²) in [5.41, 5.74) is 4.02. The summed E-state index contributed by atoms with van der Waals surface area (Å²) in [6.07, 6.45) is 0.575. The number of aliphatic hydroxyl groups is 1. The van der Waals surface area contributed by atoms with Gasteiger partial charge in [0.1, 0.15) is 0 Å². The number of carbonyl (C=O) groups excluding carboxylic acids is 1. The number of aliphatic hydroxyl groups excluding tert-OH is 1. The van der Waals surface area contributed by atoms with Crippen LogP contribution < -0.4 is 5.32 Å². The predicted molar refractivity (Wildman–Crippen MR) is 79.3 cm³/mol. The molecule has 4 heteroatoms. The van der Waals surface area contributed by atoms with Crippen LogP contribution in [0.4, 0.5) is 0 Å². The summed E-state index contributed by atoms with van der Waals surface area (Å²) < 4.78 is 2.15. The molecular formula is C16H20N2O2. The van der Waals surface area contributed by atoms with Crippen LogP contribution in [0.2, 0.25) is 0 Å². The highest BCUT2D eigenvalue weighted by molar-refractivity contribution is 5.94. The third-order valence-electron chi connectivity index (χ3n) is 3.28. The number of nitrogens with one attached hydrogen (secondary N) is 1. The largest absolute Gasteiger partial charge is 0.396 e. The third kappa shape index (κ3) is 3.08. The van der Waals surface area contributed by atoms with Crippen molar-refractivity contribution < 1.29 is 9.90 Å². The quantitative estimate of drug-likeness (QED) is 0.820. The molecule has 0 aliphatic rings. The van der Waals surface area contributed by atoms with E-state index in [1.807, 2.05) is 24.3 Å². The van der Waals surface area contributed by atoms with Crippen molar-refractivity contribution in [3.8, 4) is 5.69 Å². The maximum absolute atomic E-state index is 11.9. The Morgan fingerprint density at radius 3 is 2.25 bits per heavy atom. The molecule has 1 heterocycles. The normalized spacial score (nSPS) is 10.6. The van der Waals surface area contributed by atoms with E-state index in [9.17, 15) is 4.79 Å². The first-order valence-electron chi connectivity index (χ1n) is 6.78. The van der Waals surface area contributed by atoms with E-state index in [0.717, 1.165) is 5.69 Å². The number of carbonyl (C=O) groups is 1. The van der Waals surface area contributed by atoms with Gasteiger partial charge in [0.25, 0.3) is 5.91 Å². The summed E-state index contributed by atoms with van der Waals surface area (Å²) in [6, 6.07) is 11.7. The Bertz CT molecular complexity index is 566. The maximum atomic E-state index is 11.9. The van der Waals surface area contributed by atoms with Crippen LogP contribution in [-0.4, -0.2) is 28.7 Å². The highest BCUT2D eigenvalue weighted by atomic mass is 16.3. The number of hydrogen-bond acceptors (Lipinski definition) is 2. The Labute approximate surface area is 119 Å². The number of benzene rings is 1. The first-order valence-corrected chi connectivity index (χ1v) is 6.78. The summed E-state index contributed by atoms with van der Waals surface area (Å²) in [7, 11) is 0. The molecule has 0 unspecified atom stereocenters. The molecule has 0 saturated carbocycles. The lowest BCUT2D eigenvalue weighted by molar-refractivity contribution is 0.0951. The molecule has 0 aliphatic carbocycles. The lowest BCUT2D eigenvalue weighted by Crippen LogP contribution is -2.24. The van der Waals surface area contributed by atoms with Crippen molar-refractivity contribution in [1.29, 1.82) is 0 Å². The van der Waals surface area contributed by atoms with E-state index in [4.69, 9.17) is 5.11 Å². The molecule has 0 spiro atoms. The van der Waals surface area contributed by atoms with Crippen LogP contribution >= 0.6 is 0 Å². The average Bonchev–Trinajstić information content (AvgIpc) is 2.78. The molecule has 1 amide bonds. The van der Waals surface area contributed by atoms with Crippen molar-refractivity contribution in [2.75, 3.05) is 13.2 Å². The summed E-state index contributed by atoms with van der Waals surface area (Å²) >= 11 is 0. The minimum absolute atomic E-state index is 0.0887. The van der Waals surface area contributed by atoms with Gasteiger partial charge in [-0.25, -0.2) is 0 Å². The minimum atomic E-state index is -0.106. The molecule has 1 aromatic carbocycles. The molecule has 4 nitrogen and oxygen atoms in total. The van der Waals surface area contributed by atoms with Gasteiger partial charge >= 0.3 is 0 Å². The number of aromatic nitrogens is 1. The van der Waals surface area contributed by atoms with Gasteiger partial charge in [-0.05, 0) is 56.7 Å². The standard InChI is InChI=1S/C16H20N2O2/c1-12-4-5-13(2)18(12)15-8-6-14(7-9-15)16(20)17-10-3-11-19/h4-9,19H,3,10-11H2,1-2H3,(H,17,20). The zero-order valence-corrected chi connectivity index (χ0v) is 11.9. The van der Waals surface area contributed by atoms with Crippen LogP contribution in [0.3, 0.4) is 0 Å². The van der Waals surface area contributed by atoms with Crippen LogP contribution in [-0.2, 0) is 0 Å². The van der Waals surface area contributed by atoms with Gasteiger partial charge in [-0.2, -0.15) is 0 Å². The van der Waals surface area contributed by atoms with E-state index >= 15 is 0 Å². The lowest BCUT2D eigenvalue weighted by Gasteiger charge is -2.10. The molecule has 0 bridgehead atoms. The van der Waals surface area contributed by atoms with Gasteiger partial charge in [0, 0.05) is 35.8 Å². The number of hydrogen-bond donors (Lipinski definition) is 2. The Hall–Kier alpha value is -2.07. The van der Waals surface area contributed by atoms with E-state index in [-0.39, 0.29) is 12.5 Å². The molecular weight excluding hydrogens is 252 g/mol. The number of nitrogens with zero attached hydrogens (tertiary/aromatic N) is 1. The smallest absolute Gasteiger partial charge is 0.251 e. The molecule has 20 heavy (non-hydrogen) atoms. The number of aryl methyl sites for hydroxylation is 2. The zero-order chi connectivity index (χ0) is 14.5. The molecule has 0 radical (unpaired) electrons. The highest BCUT2D eigenvalue weighted by Gasteiger charge is 2.07. The first-order chi connectivity index (χ1) is 9.63. The summed E-state index contributed by atoms with van der Waals surface area (Å²) in [6.45, 7) is 4.70. The van der Waals surface area contributed by atoms with Gasteiger partial charge in [-0.15, -0.1) is 0 Å². The average molecular weight is 272 g/mol. The fourth-order valence-electron chi connectivity index (χ4n) is 2.22. The van der Waals surface area contributed by atoms with Crippen LogP contribution in [0.25, 0.3) is 5.69 Å². The predicted octanol–water partition coefficient (Wildman–Crippen LogP) is 2.21. The lowest BCUT2D eigenvalue weighted by atomic mass is 10.2. The van der Waals surface area contributed by atoms with E-state index in [1.165, 1.54) is 11.4 Å². The van der Waals surface area contributed by atoms with Gasteiger partial charge in [0.05, 0.1) is 0 Å². The first kappa shape index (κ1) is 14.3. The summed E-state index contributed by atoms with van der Waals surface area (Å²) in [4.78, 5) is 11.9. The second-order valence-electron chi connectivity index (χ2n) is 4.83. The van der Waals surface area contributed by atoms with Crippen molar-refractivity contribution in [3.63, 3.8) is 0 Å². The molecule has 0 saturated heterocycles. The molecule has 0 fully saturated rings. The van der Waals surface area contributed by atoms with Crippen molar-refractivity contribution in [3.05, 3.63) is 53.3 Å². The third-order valence-corrected chi connectivity index (χ3v) is 3.28. The fraction of sp³-hybridized carbons (Fsp3) is 0.312. The Morgan fingerprint density at radius 1 is 1.10 bits per heavy atom. The Kier molecular flexibility index (Phi) is 4.58. The molecule has 1 aromatic heterocycles. The van der Waals surface area contributed by atoms with E-state index in [1.54, 1.807) is 0 Å². The van der Waals surface area contributed by atoms with Crippen molar-refractivity contribution in [2.45, 2.75) is 20.3 Å². The molecule has 106 valence electrons. The molecule has 2 rings (SSSR count). The minimum Gasteiger partial charge on any atom is -0.396 e. The van der Waals surface area contributed by atoms with E-state index in [2.05, 4.69) is 35.9 Å². The van der Waals surface area contributed by atoms with Crippen LogP contribution in [0.5, 0.6) is 0 Å².